The van der Waals surface area contributed by atoms with E-state index >= 15 is 0 Å². The Labute approximate surface area is 190 Å². The lowest BCUT2D eigenvalue weighted by molar-refractivity contribution is 0.0953. The van der Waals surface area contributed by atoms with Crippen LogP contribution in [0, 0.1) is 0 Å². The molecule has 1 amide bonds. The second-order valence-corrected chi connectivity index (χ2v) is 8.40. The van der Waals surface area contributed by atoms with Gasteiger partial charge in [-0.05, 0) is 60.6 Å². The minimum atomic E-state index is -0.0167. The molecule has 0 fully saturated rings. The second-order valence-electron chi connectivity index (χ2n) is 7.52. The number of benzene rings is 3. The first-order valence-corrected chi connectivity index (χ1v) is 12.1. The van der Waals surface area contributed by atoms with E-state index in [2.05, 4.69) is 61.8 Å². The second kappa shape index (κ2) is 11.6. The number of thioether (sulfide) groups is 1. The minimum absolute atomic E-state index is 0.0167. The highest BCUT2D eigenvalue weighted by Crippen LogP contribution is 2.37. The molecule has 3 aromatic carbocycles. The van der Waals surface area contributed by atoms with Crippen LogP contribution in [0.5, 0.6) is 5.75 Å². The van der Waals surface area contributed by atoms with Crippen LogP contribution in [-0.4, -0.2) is 18.7 Å². The van der Waals surface area contributed by atoms with Gasteiger partial charge in [0.25, 0.3) is 5.91 Å². The molecule has 0 aliphatic carbocycles. The Kier molecular flexibility index (Phi) is 8.60. The lowest BCUT2D eigenvalue weighted by Gasteiger charge is -2.21. The van der Waals surface area contributed by atoms with E-state index in [9.17, 15) is 4.79 Å². The molecule has 0 aliphatic rings. The summed E-state index contributed by atoms with van der Waals surface area (Å²) < 4.78 is 6.27. The summed E-state index contributed by atoms with van der Waals surface area (Å²) in [7, 11) is 0. The van der Waals surface area contributed by atoms with Crippen LogP contribution in [-0.2, 0) is 6.61 Å². The zero-order valence-corrected chi connectivity index (χ0v) is 19.4. The highest BCUT2D eigenvalue weighted by atomic mass is 32.2. The van der Waals surface area contributed by atoms with Crippen molar-refractivity contribution < 1.29 is 9.53 Å². The summed E-state index contributed by atoms with van der Waals surface area (Å²) in [6, 6.07) is 24.6. The van der Waals surface area contributed by atoms with Crippen molar-refractivity contribution in [2.75, 3.05) is 12.8 Å². The van der Waals surface area contributed by atoms with Gasteiger partial charge in [-0.15, -0.1) is 11.8 Å². The average Bonchev–Trinajstić information content (AvgIpc) is 2.83. The molecule has 1 unspecified atom stereocenters. The van der Waals surface area contributed by atoms with Gasteiger partial charge in [0.2, 0.25) is 0 Å². The summed E-state index contributed by atoms with van der Waals surface area (Å²) in [5.41, 5.74) is 4.15. The maximum absolute atomic E-state index is 12.5. The number of ether oxygens (including phenoxy) is 1. The fourth-order valence-electron chi connectivity index (χ4n) is 3.67. The van der Waals surface area contributed by atoms with Gasteiger partial charge in [0.15, 0.2) is 0 Å². The maximum atomic E-state index is 12.5. The molecule has 0 aliphatic heterocycles. The zero-order chi connectivity index (χ0) is 22.1. The van der Waals surface area contributed by atoms with Gasteiger partial charge in [-0.2, -0.15) is 0 Å². The summed E-state index contributed by atoms with van der Waals surface area (Å²) in [5.74, 6) is 1.03. The van der Waals surface area contributed by atoms with Gasteiger partial charge in [-0.1, -0.05) is 56.3 Å². The van der Waals surface area contributed by atoms with E-state index in [4.69, 9.17) is 4.74 Å². The van der Waals surface area contributed by atoms with E-state index in [-0.39, 0.29) is 11.8 Å². The Hall–Kier alpha value is -2.72. The summed E-state index contributed by atoms with van der Waals surface area (Å²) in [6.45, 7) is 5.45. The predicted molar refractivity (Wildman–Crippen MR) is 130 cm³/mol. The van der Waals surface area contributed by atoms with Gasteiger partial charge in [-0.25, -0.2) is 0 Å². The topological polar surface area (TPSA) is 38.3 Å². The molecular formula is C27H31NO2S. The molecule has 0 saturated carbocycles. The molecular weight excluding hydrogens is 402 g/mol. The van der Waals surface area contributed by atoms with E-state index in [0.717, 1.165) is 35.3 Å². The standard InChI is InChI=1S/C27H31NO2S/c1-4-16-28-27(29)22-13-9-12-21(17-22)24(5-2)25-18-23(31-3)14-15-26(25)30-19-20-10-7-6-8-11-20/h6-15,17-18,24H,4-5,16,19H2,1-3H3,(H,28,29). The normalized spacial score (nSPS) is 11.7. The number of rotatable bonds is 10. The number of hydrogen-bond donors (Lipinski definition) is 1. The molecule has 3 rings (SSSR count). The van der Waals surface area contributed by atoms with Crippen LogP contribution < -0.4 is 10.1 Å². The molecule has 0 radical (unpaired) electrons. The molecule has 0 bridgehead atoms. The number of carbonyl (C=O) groups excluding carboxylic acids is 1. The van der Waals surface area contributed by atoms with Crippen molar-refractivity contribution in [3.05, 3.63) is 95.1 Å². The fraction of sp³-hybridized carbons (Fsp3) is 0.296. The van der Waals surface area contributed by atoms with Crippen molar-refractivity contribution in [1.82, 2.24) is 5.32 Å². The van der Waals surface area contributed by atoms with E-state index < -0.39 is 0 Å². The lowest BCUT2D eigenvalue weighted by Crippen LogP contribution is -2.24. The summed E-state index contributed by atoms with van der Waals surface area (Å²) in [4.78, 5) is 13.7. The van der Waals surface area contributed by atoms with Crippen molar-refractivity contribution in [2.24, 2.45) is 0 Å². The van der Waals surface area contributed by atoms with E-state index in [1.165, 1.54) is 4.90 Å². The molecule has 1 atom stereocenters. The maximum Gasteiger partial charge on any atom is 0.251 e. The first-order chi connectivity index (χ1) is 15.2. The molecule has 31 heavy (non-hydrogen) atoms. The van der Waals surface area contributed by atoms with Gasteiger partial charge in [0.1, 0.15) is 12.4 Å². The number of nitrogens with one attached hydrogen (secondary N) is 1. The monoisotopic (exact) mass is 433 g/mol. The van der Waals surface area contributed by atoms with Crippen molar-refractivity contribution in [1.29, 1.82) is 0 Å². The molecule has 0 aromatic heterocycles. The zero-order valence-electron chi connectivity index (χ0n) is 18.6. The predicted octanol–water partition coefficient (Wildman–Crippen LogP) is 6.67. The van der Waals surface area contributed by atoms with Crippen molar-refractivity contribution in [2.45, 2.75) is 44.1 Å². The molecule has 0 saturated heterocycles. The first-order valence-electron chi connectivity index (χ1n) is 10.9. The summed E-state index contributed by atoms with van der Waals surface area (Å²) >= 11 is 1.73. The van der Waals surface area contributed by atoms with Crippen LogP contribution in [0.3, 0.4) is 0 Å². The Morgan fingerprint density at radius 1 is 1.00 bits per heavy atom. The van der Waals surface area contributed by atoms with E-state index in [1.54, 1.807) is 11.8 Å². The molecule has 0 heterocycles. The van der Waals surface area contributed by atoms with Gasteiger partial charge < -0.3 is 10.1 Å². The van der Waals surface area contributed by atoms with Crippen LogP contribution in [0.2, 0.25) is 0 Å². The highest BCUT2D eigenvalue weighted by molar-refractivity contribution is 7.98. The van der Waals surface area contributed by atoms with Crippen LogP contribution in [0.15, 0.2) is 77.7 Å². The van der Waals surface area contributed by atoms with Crippen molar-refractivity contribution in [3.63, 3.8) is 0 Å². The fourth-order valence-corrected chi connectivity index (χ4v) is 4.11. The molecule has 162 valence electrons. The Morgan fingerprint density at radius 3 is 2.52 bits per heavy atom. The summed E-state index contributed by atoms with van der Waals surface area (Å²) in [5, 5.41) is 2.97. The van der Waals surface area contributed by atoms with Gasteiger partial charge in [0, 0.05) is 28.5 Å². The van der Waals surface area contributed by atoms with Crippen LogP contribution in [0.1, 0.15) is 59.7 Å². The molecule has 0 spiro atoms. The lowest BCUT2D eigenvalue weighted by atomic mass is 9.87. The number of carbonyl (C=O) groups is 1. The van der Waals surface area contributed by atoms with E-state index in [0.29, 0.717) is 18.7 Å². The third-order valence-electron chi connectivity index (χ3n) is 5.32. The third kappa shape index (κ3) is 6.14. The average molecular weight is 434 g/mol. The smallest absolute Gasteiger partial charge is 0.251 e. The third-order valence-corrected chi connectivity index (χ3v) is 6.05. The van der Waals surface area contributed by atoms with Crippen LogP contribution in [0.25, 0.3) is 0 Å². The Balaban J connectivity index is 1.92. The molecule has 3 aromatic rings. The van der Waals surface area contributed by atoms with Gasteiger partial charge in [-0.3, -0.25) is 4.79 Å². The molecule has 4 heteroatoms. The largest absolute Gasteiger partial charge is 0.489 e. The van der Waals surface area contributed by atoms with Crippen LogP contribution >= 0.6 is 11.8 Å². The quantitative estimate of drug-likeness (QED) is 0.363. The van der Waals surface area contributed by atoms with Crippen molar-refractivity contribution in [3.8, 4) is 5.75 Å². The van der Waals surface area contributed by atoms with E-state index in [1.807, 2.05) is 36.4 Å². The Morgan fingerprint density at radius 2 is 1.81 bits per heavy atom. The number of amides is 1. The number of hydrogen-bond acceptors (Lipinski definition) is 3. The highest BCUT2D eigenvalue weighted by Gasteiger charge is 2.19. The molecule has 3 nitrogen and oxygen atoms in total. The minimum Gasteiger partial charge on any atom is -0.489 e. The van der Waals surface area contributed by atoms with Gasteiger partial charge in [0.05, 0.1) is 0 Å². The van der Waals surface area contributed by atoms with Crippen molar-refractivity contribution >= 4 is 17.7 Å². The Bertz CT molecular complexity index is 988. The molecule has 1 N–H and O–H groups in total. The SMILES string of the molecule is CCCNC(=O)c1cccc(C(CC)c2cc(SC)ccc2OCc2ccccc2)c1. The first kappa shape index (κ1) is 23.0. The van der Waals surface area contributed by atoms with Gasteiger partial charge >= 0.3 is 0 Å². The summed E-state index contributed by atoms with van der Waals surface area (Å²) in [6.07, 6.45) is 3.93. The van der Waals surface area contributed by atoms with Crippen LogP contribution in [0.4, 0.5) is 0 Å².